The summed E-state index contributed by atoms with van der Waals surface area (Å²) >= 11 is 0. The van der Waals surface area contributed by atoms with Crippen LogP contribution in [0.4, 0.5) is 14.5 Å². The summed E-state index contributed by atoms with van der Waals surface area (Å²) in [5.41, 5.74) is 6.29. The van der Waals surface area contributed by atoms with Crippen LogP contribution in [0.5, 0.6) is 0 Å². The van der Waals surface area contributed by atoms with Crippen LogP contribution >= 0.6 is 0 Å². The van der Waals surface area contributed by atoms with Crippen molar-refractivity contribution in [1.82, 2.24) is 4.98 Å². The molecule has 0 aromatic carbocycles. The summed E-state index contributed by atoms with van der Waals surface area (Å²) in [6, 6.07) is 2.71. The van der Waals surface area contributed by atoms with E-state index in [2.05, 4.69) is 4.98 Å². The summed E-state index contributed by atoms with van der Waals surface area (Å²) in [6.07, 6.45) is -1.94. The Kier molecular flexibility index (Phi) is 2.58. The van der Waals surface area contributed by atoms with E-state index in [0.717, 1.165) is 0 Å². The Morgan fingerprint density at radius 1 is 1.50 bits per heavy atom. The van der Waals surface area contributed by atoms with Crippen LogP contribution in [0.15, 0.2) is 12.1 Å². The monoisotopic (exact) mass is 172 g/mol. The van der Waals surface area contributed by atoms with Crippen molar-refractivity contribution < 1.29 is 8.78 Å². The largest absolute Gasteiger partial charge is 0.397 e. The fourth-order valence-electron chi connectivity index (χ4n) is 0.934. The zero-order valence-electron chi connectivity index (χ0n) is 6.72. The molecular weight excluding hydrogens is 162 g/mol. The molecule has 1 heterocycles. The summed E-state index contributed by atoms with van der Waals surface area (Å²) in [7, 11) is 0. The van der Waals surface area contributed by atoms with Gasteiger partial charge in [-0.1, -0.05) is 6.92 Å². The second kappa shape index (κ2) is 3.47. The molecule has 0 aliphatic heterocycles. The third-order valence-electron chi connectivity index (χ3n) is 1.59. The van der Waals surface area contributed by atoms with Gasteiger partial charge in [0.25, 0.3) is 6.43 Å². The van der Waals surface area contributed by atoms with Gasteiger partial charge in [-0.2, -0.15) is 0 Å². The number of anilines is 1. The van der Waals surface area contributed by atoms with Crippen molar-refractivity contribution in [3.8, 4) is 0 Å². The first-order chi connectivity index (χ1) is 5.65. The first kappa shape index (κ1) is 8.90. The number of nitrogens with zero attached hydrogens (tertiary/aromatic N) is 1. The molecule has 0 atom stereocenters. The molecule has 0 unspecified atom stereocenters. The average Bonchev–Trinajstić information content (AvgIpc) is 2.05. The highest BCUT2D eigenvalue weighted by molar-refractivity contribution is 5.43. The molecule has 66 valence electrons. The number of aryl methyl sites for hydroxylation is 1. The number of aromatic nitrogens is 1. The van der Waals surface area contributed by atoms with E-state index in [1.807, 2.05) is 6.92 Å². The Labute approximate surface area is 69.4 Å². The van der Waals surface area contributed by atoms with Gasteiger partial charge in [0, 0.05) is 0 Å². The van der Waals surface area contributed by atoms with Crippen molar-refractivity contribution in [2.45, 2.75) is 19.8 Å². The molecule has 1 rings (SSSR count). The van der Waals surface area contributed by atoms with Crippen LogP contribution in [0.3, 0.4) is 0 Å². The fraction of sp³-hybridized carbons (Fsp3) is 0.375. The maximum atomic E-state index is 12.1. The van der Waals surface area contributed by atoms with Gasteiger partial charge >= 0.3 is 0 Å². The zero-order chi connectivity index (χ0) is 9.14. The van der Waals surface area contributed by atoms with Gasteiger partial charge < -0.3 is 5.73 Å². The highest BCUT2D eigenvalue weighted by Crippen LogP contribution is 2.19. The summed E-state index contributed by atoms with van der Waals surface area (Å²) in [5, 5.41) is 0. The van der Waals surface area contributed by atoms with E-state index in [9.17, 15) is 8.78 Å². The topological polar surface area (TPSA) is 38.9 Å². The second-order valence-electron chi connectivity index (χ2n) is 2.43. The number of hydrogen-bond donors (Lipinski definition) is 1. The first-order valence-corrected chi connectivity index (χ1v) is 3.68. The Morgan fingerprint density at radius 2 is 2.17 bits per heavy atom. The second-order valence-corrected chi connectivity index (χ2v) is 2.43. The number of rotatable bonds is 2. The van der Waals surface area contributed by atoms with E-state index in [1.54, 1.807) is 0 Å². The van der Waals surface area contributed by atoms with Crippen molar-refractivity contribution in [3.63, 3.8) is 0 Å². The summed E-state index contributed by atoms with van der Waals surface area (Å²) in [6.45, 7) is 1.83. The van der Waals surface area contributed by atoms with Crippen molar-refractivity contribution in [2.24, 2.45) is 0 Å². The molecule has 0 aliphatic rings. The Balaban J connectivity index is 3.05. The lowest BCUT2D eigenvalue weighted by atomic mass is 10.2. The highest BCUT2D eigenvalue weighted by atomic mass is 19.3. The molecule has 1 aromatic heterocycles. The molecule has 0 fully saturated rings. The third-order valence-corrected chi connectivity index (χ3v) is 1.59. The van der Waals surface area contributed by atoms with Crippen molar-refractivity contribution in [1.29, 1.82) is 0 Å². The molecule has 0 radical (unpaired) electrons. The van der Waals surface area contributed by atoms with Crippen molar-refractivity contribution in [3.05, 3.63) is 23.5 Å². The van der Waals surface area contributed by atoms with Crippen LogP contribution in [-0.2, 0) is 6.42 Å². The summed E-state index contributed by atoms with van der Waals surface area (Å²) in [5.74, 6) is 0. The molecule has 0 saturated carbocycles. The number of pyridine rings is 1. The lowest BCUT2D eigenvalue weighted by Gasteiger charge is -2.04. The van der Waals surface area contributed by atoms with Crippen molar-refractivity contribution >= 4 is 5.69 Å². The summed E-state index contributed by atoms with van der Waals surface area (Å²) < 4.78 is 24.2. The Hall–Kier alpha value is -1.19. The molecule has 1 aromatic rings. The van der Waals surface area contributed by atoms with Crippen LogP contribution in [0.1, 0.15) is 24.7 Å². The molecule has 4 heteroatoms. The lowest BCUT2D eigenvalue weighted by molar-refractivity contribution is 0.146. The van der Waals surface area contributed by atoms with Gasteiger partial charge in [-0.05, 0) is 18.6 Å². The van der Waals surface area contributed by atoms with E-state index in [4.69, 9.17) is 5.73 Å². The maximum absolute atomic E-state index is 12.1. The van der Waals surface area contributed by atoms with Crippen LogP contribution in [0.25, 0.3) is 0 Å². The highest BCUT2D eigenvalue weighted by Gasteiger charge is 2.09. The van der Waals surface area contributed by atoms with Gasteiger partial charge in [0.15, 0.2) is 0 Å². The standard InChI is InChI=1S/C8H10F2N2/c1-2-6-5(11)3-4-7(12-6)8(9)10/h3-4,8H,2,11H2,1H3. The van der Waals surface area contributed by atoms with E-state index in [1.165, 1.54) is 12.1 Å². The minimum Gasteiger partial charge on any atom is -0.397 e. The maximum Gasteiger partial charge on any atom is 0.280 e. The minimum absolute atomic E-state index is 0.207. The molecule has 0 saturated heterocycles. The number of nitrogen functional groups attached to an aromatic ring is 1. The van der Waals surface area contributed by atoms with E-state index in [0.29, 0.717) is 17.8 Å². The molecular formula is C8H10F2N2. The number of halogens is 2. The Morgan fingerprint density at radius 3 is 2.67 bits per heavy atom. The van der Waals surface area contributed by atoms with Gasteiger partial charge in [0.2, 0.25) is 0 Å². The van der Waals surface area contributed by atoms with Crippen molar-refractivity contribution in [2.75, 3.05) is 5.73 Å². The van der Waals surface area contributed by atoms with Gasteiger partial charge in [0.05, 0.1) is 11.4 Å². The molecule has 0 spiro atoms. The third kappa shape index (κ3) is 1.69. The predicted octanol–water partition coefficient (Wildman–Crippen LogP) is 2.16. The molecule has 0 amide bonds. The van der Waals surface area contributed by atoms with Crippen LogP contribution in [-0.4, -0.2) is 4.98 Å². The SMILES string of the molecule is CCc1nc(C(F)F)ccc1N. The smallest absolute Gasteiger partial charge is 0.280 e. The van der Waals surface area contributed by atoms with E-state index < -0.39 is 6.43 Å². The summed E-state index contributed by atoms with van der Waals surface area (Å²) in [4.78, 5) is 3.72. The zero-order valence-corrected chi connectivity index (χ0v) is 6.72. The van der Waals surface area contributed by atoms with Crippen LogP contribution in [0, 0.1) is 0 Å². The minimum atomic E-state index is -2.52. The number of hydrogen-bond acceptors (Lipinski definition) is 2. The predicted molar refractivity (Wildman–Crippen MR) is 43.0 cm³/mol. The van der Waals surface area contributed by atoms with E-state index in [-0.39, 0.29) is 5.69 Å². The molecule has 2 N–H and O–H groups in total. The first-order valence-electron chi connectivity index (χ1n) is 3.68. The lowest BCUT2D eigenvalue weighted by Crippen LogP contribution is -2.00. The average molecular weight is 172 g/mol. The normalized spacial score (nSPS) is 10.7. The van der Waals surface area contributed by atoms with E-state index >= 15 is 0 Å². The number of nitrogens with two attached hydrogens (primary N) is 1. The molecule has 0 bridgehead atoms. The van der Waals surface area contributed by atoms with Gasteiger partial charge in [-0.3, -0.25) is 0 Å². The fourth-order valence-corrected chi connectivity index (χ4v) is 0.934. The van der Waals surface area contributed by atoms with Crippen LogP contribution in [0.2, 0.25) is 0 Å². The molecule has 2 nitrogen and oxygen atoms in total. The quantitative estimate of drug-likeness (QED) is 0.742. The van der Waals surface area contributed by atoms with Gasteiger partial charge in [-0.25, -0.2) is 13.8 Å². The van der Waals surface area contributed by atoms with Gasteiger partial charge in [0.1, 0.15) is 5.69 Å². The van der Waals surface area contributed by atoms with Crippen LogP contribution < -0.4 is 5.73 Å². The Bertz CT molecular complexity index is 274. The van der Waals surface area contributed by atoms with Gasteiger partial charge in [-0.15, -0.1) is 0 Å². The number of alkyl halides is 2. The molecule has 0 aliphatic carbocycles. The molecule has 12 heavy (non-hydrogen) atoms.